The fourth-order valence-corrected chi connectivity index (χ4v) is 3.60. The quantitative estimate of drug-likeness (QED) is 0.832. The summed E-state index contributed by atoms with van der Waals surface area (Å²) in [6.45, 7) is 3.37. The van der Waals surface area contributed by atoms with Gasteiger partial charge in [-0.05, 0) is 12.8 Å². The van der Waals surface area contributed by atoms with Crippen LogP contribution in [0.2, 0.25) is 0 Å². The number of piperazine rings is 1. The van der Waals surface area contributed by atoms with Gasteiger partial charge in [0.15, 0.2) is 5.13 Å². The number of amides is 2. The van der Waals surface area contributed by atoms with Crippen LogP contribution >= 0.6 is 11.3 Å². The zero-order chi connectivity index (χ0) is 15.5. The molecule has 2 aliphatic heterocycles. The van der Waals surface area contributed by atoms with E-state index in [0.717, 1.165) is 25.9 Å². The number of anilines is 1. The molecule has 0 radical (unpaired) electrons. The summed E-state index contributed by atoms with van der Waals surface area (Å²) in [4.78, 5) is 33.2. The number of rotatable bonds is 3. The van der Waals surface area contributed by atoms with E-state index in [4.69, 9.17) is 0 Å². The lowest BCUT2D eigenvalue weighted by atomic mass is 10.1. The van der Waals surface area contributed by atoms with Crippen LogP contribution in [0.1, 0.15) is 23.3 Å². The molecule has 0 bridgehead atoms. The molecule has 2 saturated heterocycles. The van der Waals surface area contributed by atoms with Gasteiger partial charge in [-0.2, -0.15) is 0 Å². The maximum Gasteiger partial charge on any atom is 0.274 e. The molecule has 0 aromatic carbocycles. The summed E-state index contributed by atoms with van der Waals surface area (Å²) in [6.07, 6.45) is 2.11. The normalized spacial score (nSPS) is 22.0. The highest BCUT2D eigenvalue weighted by Crippen LogP contribution is 2.19. The summed E-state index contributed by atoms with van der Waals surface area (Å²) < 4.78 is 0. The van der Waals surface area contributed by atoms with Gasteiger partial charge in [-0.25, -0.2) is 4.98 Å². The SMILES string of the molecule is CNc1nc(C(=O)N2CCNCC2C(=O)N2CCCC2)cs1. The molecule has 2 aliphatic rings. The lowest BCUT2D eigenvalue weighted by Gasteiger charge is -2.36. The molecule has 2 amide bonds. The fourth-order valence-electron chi connectivity index (χ4n) is 2.95. The standard InChI is InChI=1S/C14H21N5O2S/c1-15-14-17-10(9-22-14)12(20)19-7-4-16-8-11(19)13(21)18-5-2-3-6-18/h9,11,16H,2-8H2,1H3,(H,15,17). The number of nitrogens with one attached hydrogen (secondary N) is 2. The molecule has 1 aromatic heterocycles. The zero-order valence-corrected chi connectivity index (χ0v) is 13.5. The van der Waals surface area contributed by atoms with E-state index in [1.54, 1.807) is 17.3 Å². The van der Waals surface area contributed by atoms with Crippen molar-refractivity contribution in [2.24, 2.45) is 0 Å². The van der Waals surface area contributed by atoms with E-state index in [1.807, 2.05) is 4.90 Å². The van der Waals surface area contributed by atoms with Crippen LogP contribution in [0, 0.1) is 0 Å². The van der Waals surface area contributed by atoms with E-state index in [-0.39, 0.29) is 11.8 Å². The number of nitrogens with zero attached hydrogens (tertiary/aromatic N) is 3. The summed E-state index contributed by atoms with van der Waals surface area (Å²) in [5.41, 5.74) is 0.412. The minimum Gasteiger partial charge on any atom is -0.365 e. The van der Waals surface area contributed by atoms with Crippen molar-refractivity contribution in [3.05, 3.63) is 11.1 Å². The summed E-state index contributed by atoms with van der Waals surface area (Å²) in [5, 5.41) is 8.61. The fraction of sp³-hybridized carbons (Fsp3) is 0.643. The molecule has 0 saturated carbocycles. The second-order valence-corrected chi connectivity index (χ2v) is 6.40. The minimum absolute atomic E-state index is 0.0575. The van der Waals surface area contributed by atoms with Crippen molar-refractivity contribution in [3.63, 3.8) is 0 Å². The Morgan fingerprint density at radius 3 is 2.82 bits per heavy atom. The van der Waals surface area contributed by atoms with Gasteiger partial charge >= 0.3 is 0 Å². The summed E-state index contributed by atoms with van der Waals surface area (Å²) >= 11 is 1.40. The van der Waals surface area contributed by atoms with E-state index in [9.17, 15) is 9.59 Å². The highest BCUT2D eigenvalue weighted by atomic mass is 32.1. The number of hydrogen-bond donors (Lipinski definition) is 2. The smallest absolute Gasteiger partial charge is 0.274 e. The lowest BCUT2D eigenvalue weighted by molar-refractivity contribution is -0.135. The molecule has 22 heavy (non-hydrogen) atoms. The number of likely N-dealkylation sites (tertiary alicyclic amines) is 1. The molecule has 8 heteroatoms. The minimum atomic E-state index is -0.418. The third-order valence-electron chi connectivity index (χ3n) is 4.14. The highest BCUT2D eigenvalue weighted by Gasteiger charge is 2.36. The van der Waals surface area contributed by atoms with Crippen LogP contribution in [0.5, 0.6) is 0 Å². The van der Waals surface area contributed by atoms with E-state index in [0.29, 0.717) is 30.5 Å². The van der Waals surface area contributed by atoms with Crippen LogP contribution in [0.25, 0.3) is 0 Å². The van der Waals surface area contributed by atoms with Crippen LogP contribution in [-0.2, 0) is 4.79 Å². The van der Waals surface area contributed by atoms with Crippen LogP contribution in [0.3, 0.4) is 0 Å². The van der Waals surface area contributed by atoms with Crippen LogP contribution in [0.4, 0.5) is 5.13 Å². The van der Waals surface area contributed by atoms with Gasteiger partial charge in [0.25, 0.3) is 5.91 Å². The molecule has 2 N–H and O–H groups in total. The number of carbonyl (C=O) groups is 2. The maximum atomic E-state index is 12.7. The molecule has 3 heterocycles. The predicted octanol–water partition coefficient (Wildman–Crippen LogP) is 0.221. The molecular formula is C14H21N5O2S. The molecule has 0 spiro atoms. The Morgan fingerprint density at radius 1 is 1.36 bits per heavy atom. The summed E-state index contributed by atoms with van der Waals surface area (Å²) in [6, 6.07) is -0.418. The number of hydrogen-bond acceptors (Lipinski definition) is 6. The van der Waals surface area contributed by atoms with Crippen molar-refractivity contribution in [1.82, 2.24) is 20.1 Å². The van der Waals surface area contributed by atoms with Crippen molar-refractivity contribution in [1.29, 1.82) is 0 Å². The van der Waals surface area contributed by atoms with Gasteiger partial charge in [0, 0.05) is 45.2 Å². The number of carbonyl (C=O) groups excluding carboxylic acids is 2. The molecule has 1 unspecified atom stereocenters. The highest BCUT2D eigenvalue weighted by molar-refractivity contribution is 7.13. The van der Waals surface area contributed by atoms with E-state index in [2.05, 4.69) is 15.6 Å². The second kappa shape index (κ2) is 6.62. The molecule has 2 fully saturated rings. The van der Waals surface area contributed by atoms with Crippen molar-refractivity contribution in [2.75, 3.05) is 45.1 Å². The van der Waals surface area contributed by atoms with Gasteiger partial charge in [0.05, 0.1) is 0 Å². The van der Waals surface area contributed by atoms with E-state index in [1.165, 1.54) is 11.3 Å². The average molecular weight is 323 g/mol. The number of thiazole rings is 1. The van der Waals surface area contributed by atoms with Crippen molar-refractivity contribution in [3.8, 4) is 0 Å². The van der Waals surface area contributed by atoms with Gasteiger partial charge in [0.2, 0.25) is 5.91 Å². The Bertz CT molecular complexity index is 555. The van der Waals surface area contributed by atoms with Gasteiger partial charge in [-0.1, -0.05) is 0 Å². The van der Waals surface area contributed by atoms with Crippen LogP contribution < -0.4 is 10.6 Å². The van der Waals surface area contributed by atoms with Crippen molar-refractivity contribution in [2.45, 2.75) is 18.9 Å². The molecule has 120 valence electrons. The zero-order valence-electron chi connectivity index (χ0n) is 12.7. The first kappa shape index (κ1) is 15.2. The Morgan fingerprint density at radius 2 is 2.14 bits per heavy atom. The Kier molecular flexibility index (Phi) is 4.58. The Labute approximate surface area is 133 Å². The van der Waals surface area contributed by atoms with Crippen LogP contribution in [0.15, 0.2) is 5.38 Å². The van der Waals surface area contributed by atoms with E-state index >= 15 is 0 Å². The van der Waals surface area contributed by atoms with Crippen LogP contribution in [-0.4, -0.2) is 72.4 Å². The summed E-state index contributed by atoms with van der Waals surface area (Å²) in [5.74, 6) is -0.0982. The van der Waals surface area contributed by atoms with Crippen molar-refractivity contribution < 1.29 is 9.59 Å². The molecule has 1 aromatic rings. The van der Waals surface area contributed by atoms with Gasteiger partial charge in [-0.15, -0.1) is 11.3 Å². The molecule has 7 nitrogen and oxygen atoms in total. The first-order valence-electron chi connectivity index (χ1n) is 7.64. The first-order chi connectivity index (χ1) is 10.7. The van der Waals surface area contributed by atoms with Crippen molar-refractivity contribution >= 4 is 28.3 Å². The molecule has 0 aliphatic carbocycles. The average Bonchev–Trinajstić information content (AvgIpc) is 3.24. The van der Waals surface area contributed by atoms with Gasteiger partial charge < -0.3 is 20.4 Å². The monoisotopic (exact) mass is 323 g/mol. The second-order valence-electron chi connectivity index (χ2n) is 5.54. The van der Waals surface area contributed by atoms with Gasteiger partial charge in [0.1, 0.15) is 11.7 Å². The molecule has 1 atom stereocenters. The Hall–Kier alpha value is -1.67. The Balaban J connectivity index is 1.76. The predicted molar refractivity (Wildman–Crippen MR) is 85.2 cm³/mol. The third kappa shape index (κ3) is 2.93. The first-order valence-corrected chi connectivity index (χ1v) is 8.52. The third-order valence-corrected chi connectivity index (χ3v) is 5.00. The molecular weight excluding hydrogens is 302 g/mol. The van der Waals surface area contributed by atoms with Gasteiger partial charge in [-0.3, -0.25) is 9.59 Å². The lowest BCUT2D eigenvalue weighted by Crippen LogP contribution is -2.59. The maximum absolute atomic E-state index is 12.7. The molecule has 3 rings (SSSR count). The number of aromatic nitrogens is 1. The van der Waals surface area contributed by atoms with E-state index < -0.39 is 6.04 Å². The summed E-state index contributed by atoms with van der Waals surface area (Å²) in [7, 11) is 1.78. The topological polar surface area (TPSA) is 77.6 Å². The largest absolute Gasteiger partial charge is 0.365 e.